The van der Waals surface area contributed by atoms with E-state index in [-0.39, 0.29) is 11.4 Å². The summed E-state index contributed by atoms with van der Waals surface area (Å²) < 4.78 is 65.6. The fraction of sp³-hybridized carbons (Fsp3) is 0.381. The highest BCUT2D eigenvalue weighted by atomic mass is 32.2. The number of amides is 1. The molecular formula is C21H25F3N2O3S2. The van der Waals surface area contributed by atoms with E-state index < -0.39 is 33.7 Å². The van der Waals surface area contributed by atoms with Crippen LogP contribution >= 0.6 is 11.8 Å². The molecule has 0 aliphatic heterocycles. The molecule has 2 aromatic carbocycles. The predicted molar refractivity (Wildman–Crippen MR) is 116 cm³/mol. The van der Waals surface area contributed by atoms with Crippen LogP contribution in [0.3, 0.4) is 0 Å². The van der Waals surface area contributed by atoms with E-state index in [1.807, 2.05) is 13.2 Å². The van der Waals surface area contributed by atoms with Gasteiger partial charge in [0.15, 0.2) is 0 Å². The van der Waals surface area contributed by atoms with Crippen LogP contribution in [0.5, 0.6) is 0 Å². The SMILES string of the molecule is CSCCC(NS(=O)(=O)c1ccc(C)cc1)C(=O)NCCc1ccc(C(F)(F)F)cc1. The largest absolute Gasteiger partial charge is 0.416 e. The zero-order valence-corrected chi connectivity index (χ0v) is 18.8. The first kappa shape index (κ1) is 25.2. The molecule has 2 aromatic rings. The lowest BCUT2D eigenvalue weighted by molar-refractivity contribution is -0.137. The average Bonchev–Trinajstić information content (AvgIpc) is 2.71. The minimum Gasteiger partial charge on any atom is -0.354 e. The van der Waals surface area contributed by atoms with Crippen molar-refractivity contribution in [3.63, 3.8) is 0 Å². The van der Waals surface area contributed by atoms with Crippen molar-refractivity contribution >= 4 is 27.7 Å². The number of hydrogen-bond donors (Lipinski definition) is 2. The number of benzene rings is 2. The molecule has 5 nitrogen and oxygen atoms in total. The molecule has 0 aliphatic rings. The fourth-order valence-electron chi connectivity index (χ4n) is 2.77. The molecule has 2 rings (SSSR count). The smallest absolute Gasteiger partial charge is 0.354 e. The van der Waals surface area contributed by atoms with Crippen LogP contribution in [0.25, 0.3) is 0 Å². The minimum atomic E-state index is -4.40. The molecule has 2 N–H and O–H groups in total. The Labute approximate surface area is 184 Å². The number of halogens is 3. The maximum Gasteiger partial charge on any atom is 0.416 e. The van der Waals surface area contributed by atoms with E-state index in [0.29, 0.717) is 24.2 Å². The van der Waals surface area contributed by atoms with Crippen molar-refractivity contribution in [2.45, 2.75) is 36.9 Å². The van der Waals surface area contributed by atoms with Gasteiger partial charge < -0.3 is 5.32 Å². The molecule has 170 valence electrons. The Kier molecular flexibility index (Phi) is 8.96. The van der Waals surface area contributed by atoms with Gasteiger partial charge in [0.1, 0.15) is 6.04 Å². The molecular weight excluding hydrogens is 449 g/mol. The van der Waals surface area contributed by atoms with E-state index in [2.05, 4.69) is 10.0 Å². The second kappa shape index (κ2) is 11.0. The second-order valence-corrected chi connectivity index (χ2v) is 9.70. The second-order valence-electron chi connectivity index (χ2n) is 7.00. The number of thioether (sulfide) groups is 1. The number of nitrogens with one attached hydrogen (secondary N) is 2. The standard InChI is InChI=1S/C21H25F3N2O3S2/c1-15-3-9-18(10-4-15)31(28,29)26-19(12-14-30-2)20(27)25-13-11-16-5-7-17(8-6-16)21(22,23)24/h3-10,19,26H,11-14H2,1-2H3,(H,25,27). The van der Waals surface area contributed by atoms with Crippen LogP contribution in [-0.4, -0.2) is 38.9 Å². The summed E-state index contributed by atoms with van der Waals surface area (Å²) in [4.78, 5) is 12.7. The van der Waals surface area contributed by atoms with Gasteiger partial charge in [-0.05, 0) is 61.6 Å². The Hall–Kier alpha value is -2.04. The van der Waals surface area contributed by atoms with Gasteiger partial charge in [0.25, 0.3) is 0 Å². The molecule has 0 fully saturated rings. The first-order valence-corrected chi connectivity index (χ1v) is 12.4. The predicted octanol–water partition coefficient (Wildman–Crippen LogP) is 3.77. The normalized spacial score (nSPS) is 13.1. The highest BCUT2D eigenvalue weighted by Crippen LogP contribution is 2.29. The number of carbonyl (C=O) groups excluding carboxylic acids is 1. The van der Waals surface area contributed by atoms with Crippen molar-refractivity contribution in [2.24, 2.45) is 0 Å². The fourth-order valence-corrected chi connectivity index (χ4v) is 4.47. The van der Waals surface area contributed by atoms with E-state index in [9.17, 15) is 26.4 Å². The first-order valence-electron chi connectivity index (χ1n) is 9.55. The average molecular weight is 475 g/mol. The lowest BCUT2D eigenvalue weighted by Crippen LogP contribution is -2.47. The van der Waals surface area contributed by atoms with Crippen LogP contribution in [0.1, 0.15) is 23.1 Å². The Morgan fingerprint density at radius 1 is 1.06 bits per heavy atom. The molecule has 0 bridgehead atoms. The lowest BCUT2D eigenvalue weighted by atomic mass is 10.1. The minimum absolute atomic E-state index is 0.0739. The third kappa shape index (κ3) is 7.86. The summed E-state index contributed by atoms with van der Waals surface area (Å²) in [5, 5.41) is 2.67. The molecule has 0 spiro atoms. The van der Waals surface area contributed by atoms with E-state index in [0.717, 1.165) is 17.7 Å². The van der Waals surface area contributed by atoms with Gasteiger partial charge in [-0.3, -0.25) is 4.79 Å². The number of sulfonamides is 1. The molecule has 10 heteroatoms. The van der Waals surface area contributed by atoms with Gasteiger partial charge >= 0.3 is 6.18 Å². The number of carbonyl (C=O) groups is 1. The summed E-state index contributed by atoms with van der Waals surface area (Å²) in [6.07, 6.45) is -1.91. The number of aryl methyl sites for hydroxylation is 1. The lowest BCUT2D eigenvalue weighted by Gasteiger charge is -2.18. The van der Waals surface area contributed by atoms with E-state index in [1.54, 1.807) is 12.1 Å². The molecule has 0 aliphatic carbocycles. The third-order valence-electron chi connectivity index (χ3n) is 4.55. The quantitative estimate of drug-likeness (QED) is 0.550. The van der Waals surface area contributed by atoms with Crippen molar-refractivity contribution in [1.29, 1.82) is 0 Å². The maximum absolute atomic E-state index is 12.6. The molecule has 0 saturated heterocycles. The van der Waals surface area contributed by atoms with Crippen molar-refractivity contribution in [2.75, 3.05) is 18.6 Å². The zero-order chi connectivity index (χ0) is 23.1. The van der Waals surface area contributed by atoms with Crippen LogP contribution in [0.2, 0.25) is 0 Å². The summed E-state index contributed by atoms with van der Waals surface area (Å²) in [7, 11) is -3.87. The van der Waals surface area contributed by atoms with Crippen LogP contribution in [0.15, 0.2) is 53.4 Å². The number of hydrogen-bond acceptors (Lipinski definition) is 4. The van der Waals surface area contributed by atoms with E-state index >= 15 is 0 Å². The zero-order valence-electron chi connectivity index (χ0n) is 17.2. The van der Waals surface area contributed by atoms with Crippen molar-refractivity contribution in [1.82, 2.24) is 10.0 Å². The highest BCUT2D eigenvalue weighted by molar-refractivity contribution is 7.98. The monoisotopic (exact) mass is 474 g/mol. The van der Waals surface area contributed by atoms with Gasteiger partial charge in [-0.15, -0.1) is 0 Å². The van der Waals surface area contributed by atoms with Gasteiger partial charge in [0, 0.05) is 6.54 Å². The summed E-state index contributed by atoms with van der Waals surface area (Å²) >= 11 is 1.49. The summed E-state index contributed by atoms with van der Waals surface area (Å²) in [5.74, 6) is 0.101. The Bertz CT molecular complexity index is 961. The molecule has 0 radical (unpaired) electrons. The van der Waals surface area contributed by atoms with Gasteiger partial charge in [-0.1, -0.05) is 29.8 Å². The summed E-state index contributed by atoms with van der Waals surface area (Å²) in [6.45, 7) is 2.02. The van der Waals surface area contributed by atoms with Gasteiger partial charge in [-0.25, -0.2) is 8.42 Å². The van der Waals surface area contributed by atoms with E-state index in [1.165, 1.54) is 36.0 Å². The maximum atomic E-state index is 12.6. The molecule has 0 saturated carbocycles. The Morgan fingerprint density at radius 2 is 1.68 bits per heavy atom. The van der Waals surface area contributed by atoms with Crippen LogP contribution in [0, 0.1) is 6.92 Å². The van der Waals surface area contributed by atoms with Gasteiger partial charge in [0.05, 0.1) is 10.5 Å². The first-order chi connectivity index (χ1) is 14.5. The highest BCUT2D eigenvalue weighted by Gasteiger charge is 2.30. The molecule has 31 heavy (non-hydrogen) atoms. The molecule has 0 aromatic heterocycles. The van der Waals surface area contributed by atoms with Crippen LogP contribution < -0.4 is 10.0 Å². The summed E-state index contributed by atoms with van der Waals surface area (Å²) in [5.41, 5.74) is 0.816. The Balaban J connectivity index is 1.98. The molecule has 1 unspecified atom stereocenters. The molecule has 1 atom stereocenters. The van der Waals surface area contributed by atoms with Crippen LogP contribution in [-0.2, 0) is 27.4 Å². The van der Waals surface area contributed by atoms with Crippen molar-refractivity contribution in [3.8, 4) is 0 Å². The molecule has 0 heterocycles. The molecule has 1 amide bonds. The number of alkyl halides is 3. The van der Waals surface area contributed by atoms with E-state index in [4.69, 9.17) is 0 Å². The van der Waals surface area contributed by atoms with Gasteiger partial charge in [-0.2, -0.15) is 29.7 Å². The topological polar surface area (TPSA) is 75.3 Å². The summed E-state index contributed by atoms with van der Waals surface area (Å²) in [6, 6.07) is 10.1. The van der Waals surface area contributed by atoms with Crippen LogP contribution in [0.4, 0.5) is 13.2 Å². The van der Waals surface area contributed by atoms with Crippen molar-refractivity contribution < 1.29 is 26.4 Å². The Morgan fingerprint density at radius 3 is 2.23 bits per heavy atom. The number of rotatable bonds is 10. The van der Waals surface area contributed by atoms with Gasteiger partial charge in [0.2, 0.25) is 15.9 Å². The van der Waals surface area contributed by atoms with Crippen molar-refractivity contribution in [3.05, 3.63) is 65.2 Å². The third-order valence-corrected chi connectivity index (χ3v) is 6.68.